The Morgan fingerprint density at radius 3 is 2.74 bits per heavy atom. The predicted molar refractivity (Wildman–Crippen MR) is 98.1 cm³/mol. The van der Waals surface area contributed by atoms with E-state index in [0.29, 0.717) is 32.1 Å². The summed E-state index contributed by atoms with van der Waals surface area (Å²) in [6.45, 7) is 2.06. The van der Waals surface area contributed by atoms with Gasteiger partial charge in [0.15, 0.2) is 0 Å². The summed E-state index contributed by atoms with van der Waals surface area (Å²) in [7, 11) is 0. The fraction of sp³-hybridized carbons (Fsp3) is 0.579. The molecule has 0 aromatic carbocycles. The molecule has 1 aliphatic heterocycles. The van der Waals surface area contributed by atoms with Gasteiger partial charge in [0.05, 0.1) is 0 Å². The zero-order valence-corrected chi connectivity index (χ0v) is 15.5. The minimum atomic E-state index is -0.579. The molecular formula is C19H26N4O4. The monoisotopic (exact) mass is 374 g/mol. The van der Waals surface area contributed by atoms with Crippen LogP contribution in [0.25, 0.3) is 0 Å². The maximum atomic E-state index is 12.6. The molecule has 1 aromatic heterocycles. The van der Waals surface area contributed by atoms with Gasteiger partial charge >= 0.3 is 6.03 Å². The van der Waals surface area contributed by atoms with E-state index in [0.717, 1.165) is 12.8 Å². The van der Waals surface area contributed by atoms with E-state index in [-0.39, 0.29) is 35.5 Å². The van der Waals surface area contributed by atoms with Crippen molar-refractivity contribution in [3.05, 3.63) is 23.9 Å². The Hall–Kier alpha value is -2.64. The minimum absolute atomic E-state index is 0.108. The number of rotatable bonds is 7. The van der Waals surface area contributed by atoms with Crippen molar-refractivity contribution in [1.82, 2.24) is 15.2 Å². The lowest BCUT2D eigenvalue weighted by atomic mass is 9.91. The van der Waals surface area contributed by atoms with Gasteiger partial charge in [-0.3, -0.25) is 14.5 Å². The van der Waals surface area contributed by atoms with Crippen molar-refractivity contribution in [2.24, 2.45) is 5.73 Å². The Bertz CT molecular complexity index is 715. The van der Waals surface area contributed by atoms with Crippen molar-refractivity contribution in [1.29, 1.82) is 0 Å². The van der Waals surface area contributed by atoms with E-state index in [1.807, 2.05) is 0 Å². The second kappa shape index (κ2) is 8.37. The third kappa shape index (κ3) is 4.20. The van der Waals surface area contributed by atoms with Crippen LogP contribution < -0.4 is 15.8 Å². The molecule has 1 aromatic rings. The molecule has 8 nitrogen and oxygen atoms in total. The summed E-state index contributed by atoms with van der Waals surface area (Å²) in [4.78, 5) is 41.8. The molecule has 1 atom stereocenters. The van der Waals surface area contributed by atoms with E-state index in [1.165, 1.54) is 4.90 Å². The minimum Gasteiger partial charge on any atom is -0.474 e. The van der Waals surface area contributed by atoms with Gasteiger partial charge < -0.3 is 15.8 Å². The second-order valence-corrected chi connectivity index (χ2v) is 7.12. The van der Waals surface area contributed by atoms with Crippen LogP contribution in [0.5, 0.6) is 5.88 Å². The summed E-state index contributed by atoms with van der Waals surface area (Å²) >= 11 is 0. The number of hydrogen-bond donors (Lipinski definition) is 2. The van der Waals surface area contributed by atoms with Crippen molar-refractivity contribution < 1.29 is 19.1 Å². The summed E-state index contributed by atoms with van der Waals surface area (Å²) in [6, 6.07) is 2.43. The van der Waals surface area contributed by atoms with Crippen LogP contribution in [0.15, 0.2) is 18.3 Å². The lowest BCUT2D eigenvalue weighted by molar-refractivity contribution is -0.129. The van der Waals surface area contributed by atoms with Crippen LogP contribution in [0.4, 0.5) is 4.79 Å². The lowest BCUT2D eigenvalue weighted by Gasteiger charge is -2.33. The summed E-state index contributed by atoms with van der Waals surface area (Å²) in [5.41, 5.74) is 5.61. The van der Waals surface area contributed by atoms with Crippen molar-refractivity contribution in [2.45, 2.75) is 70.1 Å². The number of carbonyl (C=O) groups is 3. The number of amides is 4. The summed E-state index contributed by atoms with van der Waals surface area (Å²) in [5, 5.41) is 2.80. The normalized spacial score (nSPS) is 25.4. The first-order valence-electron chi connectivity index (χ1n) is 9.56. The SMILES string of the molecule is CCCC[C@@H]1NC(=O)N([C@H]2CC[C@H](Oc3ncccc3C(N)=O)CC2)C1=O. The molecule has 146 valence electrons. The fourth-order valence-corrected chi connectivity index (χ4v) is 3.75. The molecule has 27 heavy (non-hydrogen) atoms. The molecule has 1 saturated heterocycles. The highest BCUT2D eigenvalue weighted by molar-refractivity contribution is 6.04. The summed E-state index contributed by atoms with van der Waals surface area (Å²) in [6.07, 6.45) is 6.72. The van der Waals surface area contributed by atoms with E-state index in [2.05, 4.69) is 17.2 Å². The number of nitrogens with two attached hydrogens (primary N) is 1. The molecule has 0 radical (unpaired) electrons. The molecular weight excluding hydrogens is 348 g/mol. The van der Waals surface area contributed by atoms with Gasteiger partial charge in [-0.25, -0.2) is 9.78 Å². The number of carbonyl (C=O) groups excluding carboxylic acids is 3. The highest BCUT2D eigenvalue weighted by atomic mass is 16.5. The maximum absolute atomic E-state index is 12.6. The van der Waals surface area contributed by atoms with Crippen LogP contribution in [0.2, 0.25) is 0 Å². The summed E-state index contributed by atoms with van der Waals surface area (Å²) < 4.78 is 5.87. The van der Waals surface area contributed by atoms with Crippen molar-refractivity contribution in [2.75, 3.05) is 0 Å². The average Bonchev–Trinajstić information content (AvgIpc) is 2.94. The van der Waals surface area contributed by atoms with Gasteiger partial charge in [-0.15, -0.1) is 0 Å². The molecule has 2 aliphatic rings. The number of primary amides is 1. The van der Waals surface area contributed by atoms with Crippen molar-refractivity contribution in [3.63, 3.8) is 0 Å². The van der Waals surface area contributed by atoms with Gasteiger partial charge in [0.25, 0.3) is 11.8 Å². The number of unbranched alkanes of at least 4 members (excludes halogenated alkanes) is 1. The first kappa shape index (κ1) is 19.1. The topological polar surface area (TPSA) is 115 Å². The molecule has 0 bridgehead atoms. The number of urea groups is 1. The van der Waals surface area contributed by atoms with Gasteiger partial charge in [0.2, 0.25) is 5.88 Å². The summed E-state index contributed by atoms with van der Waals surface area (Å²) in [5.74, 6) is -0.453. The standard InChI is InChI=1S/C19H26N4O4/c1-2-3-6-15-18(25)23(19(26)22-15)12-7-9-13(10-8-12)27-17-14(16(20)24)5-4-11-21-17/h4-5,11-13,15H,2-3,6-10H2,1H3,(H2,20,24)(H,22,26)/t12-,13-,15-/m0/s1. The van der Waals surface area contributed by atoms with Crippen LogP contribution >= 0.6 is 0 Å². The van der Waals surface area contributed by atoms with Crippen LogP contribution in [0.1, 0.15) is 62.2 Å². The van der Waals surface area contributed by atoms with Crippen molar-refractivity contribution in [3.8, 4) is 5.88 Å². The predicted octanol–water partition coefficient (Wildman–Crippen LogP) is 1.98. The van der Waals surface area contributed by atoms with Crippen LogP contribution in [0.3, 0.4) is 0 Å². The molecule has 2 fully saturated rings. The number of nitrogens with zero attached hydrogens (tertiary/aromatic N) is 2. The van der Waals surface area contributed by atoms with Gasteiger partial charge in [-0.05, 0) is 44.2 Å². The van der Waals surface area contributed by atoms with Crippen molar-refractivity contribution >= 4 is 17.8 Å². The highest BCUT2D eigenvalue weighted by Gasteiger charge is 2.42. The Morgan fingerprint density at radius 1 is 1.33 bits per heavy atom. The Kier molecular flexibility index (Phi) is 5.93. The largest absolute Gasteiger partial charge is 0.474 e. The highest BCUT2D eigenvalue weighted by Crippen LogP contribution is 2.29. The number of hydrogen-bond acceptors (Lipinski definition) is 5. The van der Waals surface area contributed by atoms with Gasteiger partial charge in [0, 0.05) is 12.2 Å². The molecule has 0 spiro atoms. The fourth-order valence-electron chi connectivity index (χ4n) is 3.75. The van der Waals surface area contributed by atoms with E-state index in [4.69, 9.17) is 10.5 Å². The van der Waals surface area contributed by atoms with E-state index >= 15 is 0 Å². The van der Waals surface area contributed by atoms with Gasteiger partial charge in [-0.1, -0.05) is 19.8 Å². The zero-order valence-electron chi connectivity index (χ0n) is 15.5. The first-order valence-corrected chi connectivity index (χ1v) is 9.56. The molecule has 4 amide bonds. The van der Waals surface area contributed by atoms with Gasteiger partial charge in [0.1, 0.15) is 17.7 Å². The molecule has 0 unspecified atom stereocenters. The smallest absolute Gasteiger partial charge is 0.325 e. The van der Waals surface area contributed by atoms with Crippen LogP contribution in [-0.4, -0.2) is 45.9 Å². The molecule has 2 heterocycles. The quantitative estimate of drug-likeness (QED) is 0.708. The second-order valence-electron chi connectivity index (χ2n) is 7.12. The molecule has 1 saturated carbocycles. The lowest BCUT2D eigenvalue weighted by Crippen LogP contribution is -2.44. The molecule has 3 rings (SSSR count). The number of ether oxygens (including phenoxy) is 1. The Balaban J connectivity index is 1.57. The van der Waals surface area contributed by atoms with Crippen LogP contribution in [0, 0.1) is 0 Å². The zero-order chi connectivity index (χ0) is 19.4. The average molecular weight is 374 g/mol. The third-order valence-electron chi connectivity index (χ3n) is 5.22. The Morgan fingerprint density at radius 2 is 2.07 bits per heavy atom. The first-order chi connectivity index (χ1) is 13.0. The number of imide groups is 1. The number of pyridine rings is 1. The van der Waals surface area contributed by atoms with E-state index < -0.39 is 11.9 Å². The molecule has 1 aliphatic carbocycles. The Labute approximate surface area is 158 Å². The number of nitrogens with one attached hydrogen (secondary N) is 1. The van der Waals surface area contributed by atoms with E-state index in [1.54, 1.807) is 18.3 Å². The molecule has 3 N–H and O–H groups in total. The third-order valence-corrected chi connectivity index (χ3v) is 5.22. The van der Waals surface area contributed by atoms with E-state index in [9.17, 15) is 14.4 Å². The maximum Gasteiger partial charge on any atom is 0.325 e. The van der Waals surface area contributed by atoms with Crippen LogP contribution in [-0.2, 0) is 4.79 Å². The van der Waals surface area contributed by atoms with Gasteiger partial charge in [-0.2, -0.15) is 0 Å². The molecule has 8 heteroatoms. The number of aromatic nitrogens is 1.